The summed E-state index contributed by atoms with van der Waals surface area (Å²) in [5.74, 6) is -0.475. The van der Waals surface area contributed by atoms with Crippen molar-refractivity contribution >= 4 is 21.6 Å². The van der Waals surface area contributed by atoms with Crippen LogP contribution >= 0.6 is 15.9 Å². The van der Waals surface area contributed by atoms with E-state index in [9.17, 15) is 14.5 Å². The Bertz CT molecular complexity index is 357. The highest BCUT2D eigenvalue weighted by Crippen LogP contribution is 2.24. The van der Waals surface area contributed by atoms with Crippen LogP contribution in [0.25, 0.3) is 0 Å². The van der Waals surface area contributed by atoms with Crippen LogP contribution < -0.4 is 0 Å². The van der Waals surface area contributed by atoms with Gasteiger partial charge in [-0.2, -0.15) is 0 Å². The summed E-state index contributed by atoms with van der Waals surface area (Å²) >= 11 is 3.21. The number of benzene rings is 1. The molecule has 0 N–H and O–H groups in total. The maximum Gasteiger partial charge on any atom is 0.269 e. The summed E-state index contributed by atoms with van der Waals surface area (Å²) in [6.45, 7) is 1.80. The van der Waals surface area contributed by atoms with Crippen molar-refractivity contribution in [3.63, 3.8) is 0 Å². The molecule has 0 bridgehead atoms. The molecule has 1 aromatic carbocycles. The quantitative estimate of drug-likeness (QED) is 0.476. The fraction of sp³-hybridized carbons (Fsp3) is 0.333. The molecule has 3 nitrogen and oxygen atoms in total. The number of nitro benzene ring substituents is 1. The second kappa shape index (κ2) is 4.50. The molecule has 0 heterocycles. The second-order valence-electron chi connectivity index (χ2n) is 3.02. The lowest BCUT2D eigenvalue weighted by molar-refractivity contribution is -0.385. The van der Waals surface area contributed by atoms with E-state index in [1.54, 1.807) is 6.92 Å². The van der Waals surface area contributed by atoms with Gasteiger partial charge in [-0.1, -0.05) is 22.9 Å². The third-order valence-electron chi connectivity index (χ3n) is 1.95. The van der Waals surface area contributed by atoms with E-state index in [4.69, 9.17) is 0 Å². The summed E-state index contributed by atoms with van der Waals surface area (Å²) in [5, 5.41) is 11.0. The standard InChI is InChI=1S/C9H9BrFNO2/c1-6(5-10)8-4-7(12(13)14)2-3-9(8)11/h2-4,6H,5H2,1H3. The molecule has 0 aliphatic carbocycles. The molecule has 14 heavy (non-hydrogen) atoms. The molecule has 76 valence electrons. The lowest BCUT2D eigenvalue weighted by Crippen LogP contribution is -2.00. The van der Waals surface area contributed by atoms with Crippen LogP contribution in [-0.4, -0.2) is 10.3 Å². The molecule has 0 saturated carbocycles. The monoisotopic (exact) mass is 261 g/mol. The van der Waals surface area contributed by atoms with E-state index in [0.29, 0.717) is 10.9 Å². The topological polar surface area (TPSA) is 43.1 Å². The van der Waals surface area contributed by atoms with E-state index in [1.807, 2.05) is 0 Å². The summed E-state index contributed by atoms with van der Waals surface area (Å²) in [6.07, 6.45) is 0. The first-order valence-corrected chi connectivity index (χ1v) is 5.18. The van der Waals surface area contributed by atoms with Gasteiger partial charge < -0.3 is 0 Å². The maximum absolute atomic E-state index is 13.2. The zero-order valence-electron chi connectivity index (χ0n) is 7.54. The third kappa shape index (κ3) is 2.29. The lowest BCUT2D eigenvalue weighted by Gasteiger charge is -2.08. The molecule has 5 heteroatoms. The highest BCUT2D eigenvalue weighted by atomic mass is 79.9. The number of halogens is 2. The average Bonchev–Trinajstić information content (AvgIpc) is 2.17. The fourth-order valence-corrected chi connectivity index (χ4v) is 1.45. The van der Waals surface area contributed by atoms with Crippen LogP contribution in [-0.2, 0) is 0 Å². The van der Waals surface area contributed by atoms with Crippen molar-refractivity contribution in [2.24, 2.45) is 0 Å². The molecule has 1 atom stereocenters. The van der Waals surface area contributed by atoms with Gasteiger partial charge in [-0.15, -0.1) is 0 Å². The van der Waals surface area contributed by atoms with Gasteiger partial charge in [-0.05, 0) is 17.5 Å². The normalized spacial score (nSPS) is 12.5. The van der Waals surface area contributed by atoms with Gasteiger partial charge in [0.15, 0.2) is 0 Å². The van der Waals surface area contributed by atoms with Crippen molar-refractivity contribution in [1.82, 2.24) is 0 Å². The SMILES string of the molecule is CC(CBr)c1cc([N+](=O)[O-])ccc1F. The van der Waals surface area contributed by atoms with Gasteiger partial charge in [0.1, 0.15) is 5.82 Å². The number of nitrogens with zero attached hydrogens (tertiary/aromatic N) is 1. The van der Waals surface area contributed by atoms with Crippen molar-refractivity contribution in [1.29, 1.82) is 0 Å². The van der Waals surface area contributed by atoms with E-state index >= 15 is 0 Å². The van der Waals surface area contributed by atoms with Crippen LogP contribution in [0.3, 0.4) is 0 Å². The summed E-state index contributed by atoms with van der Waals surface area (Å²) < 4.78 is 13.2. The summed E-state index contributed by atoms with van der Waals surface area (Å²) in [6, 6.07) is 3.58. The first-order valence-electron chi connectivity index (χ1n) is 4.06. The molecular weight excluding hydrogens is 253 g/mol. The molecule has 0 aliphatic heterocycles. The van der Waals surface area contributed by atoms with Gasteiger partial charge in [-0.25, -0.2) is 4.39 Å². The van der Waals surface area contributed by atoms with Crippen LogP contribution in [0.15, 0.2) is 18.2 Å². The largest absolute Gasteiger partial charge is 0.269 e. The molecule has 0 spiro atoms. The van der Waals surface area contributed by atoms with Crippen LogP contribution in [0.4, 0.5) is 10.1 Å². The van der Waals surface area contributed by atoms with Crippen LogP contribution in [0.2, 0.25) is 0 Å². The number of nitro groups is 1. The van der Waals surface area contributed by atoms with Gasteiger partial charge in [0.2, 0.25) is 0 Å². The van der Waals surface area contributed by atoms with Crippen molar-refractivity contribution in [2.75, 3.05) is 5.33 Å². The number of hydrogen-bond donors (Lipinski definition) is 0. The molecule has 0 saturated heterocycles. The van der Waals surface area contributed by atoms with Crippen molar-refractivity contribution < 1.29 is 9.31 Å². The van der Waals surface area contributed by atoms with Gasteiger partial charge in [0, 0.05) is 17.5 Å². The molecule has 0 aromatic heterocycles. The minimum Gasteiger partial charge on any atom is -0.258 e. The van der Waals surface area contributed by atoms with Gasteiger partial charge >= 0.3 is 0 Å². The zero-order chi connectivity index (χ0) is 10.7. The summed E-state index contributed by atoms with van der Waals surface area (Å²) in [5.41, 5.74) is 0.297. The van der Waals surface area contributed by atoms with E-state index in [2.05, 4.69) is 15.9 Å². The van der Waals surface area contributed by atoms with Gasteiger partial charge in [-0.3, -0.25) is 10.1 Å². The van der Waals surface area contributed by atoms with Crippen molar-refractivity contribution in [3.8, 4) is 0 Å². The minimum absolute atomic E-state index is 0.0742. The highest BCUT2D eigenvalue weighted by Gasteiger charge is 2.14. The predicted octanol–water partition coefficient (Wildman–Crippen LogP) is 3.23. The number of rotatable bonds is 3. The van der Waals surface area contributed by atoms with Crippen molar-refractivity contribution in [3.05, 3.63) is 39.7 Å². The van der Waals surface area contributed by atoms with E-state index in [0.717, 1.165) is 6.07 Å². The number of alkyl halides is 1. The smallest absolute Gasteiger partial charge is 0.258 e. The Kier molecular flexibility index (Phi) is 3.57. The minimum atomic E-state index is -0.524. The number of hydrogen-bond acceptors (Lipinski definition) is 2. The second-order valence-corrected chi connectivity index (χ2v) is 3.67. The summed E-state index contributed by atoms with van der Waals surface area (Å²) in [7, 11) is 0. The molecule has 1 rings (SSSR count). The Morgan fingerprint density at radius 1 is 1.64 bits per heavy atom. The number of non-ortho nitro benzene ring substituents is 1. The highest BCUT2D eigenvalue weighted by molar-refractivity contribution is 9.09. The van der Waals surface area contributed by atoms with E-state index < -0.39 is 10.7 Å². The molecule has 1 unspecified atom stereocenters. The maximum atomic E-state index is 13.2. The third-order valence-corrected chi connectivity index (χ3v) is 2.92. The average molecular weight is 262 g/mol. The Morgan fingerprint density at radius 3 is 2.79 bits per heavy atom. The fourth-order valence-electron chi connectivity index (χ4n) is 1.11. The predicted molar refractivity (Wildman–Crippen MR) is 55.3 cm³/mol. The van der Waals surface area contributed by atoms with Crippen LogP contribution in [0, 0.1) is 15.9 Å². The summed E-state index contributed by atoms with van der Waals surface area (Å²) in [4.78, 5) is 9.92. The van der Waals surface area contributed by atoms with Gasteiger partial charge in [0.05, 0.1) is 4.92 Å². The first kappa shape index (κ1) is 11.1. The molecule has 0 amide bonds. The van der Waals surface area contributed by atoms with Crippen LogP contribution in [0.5, 0.6) is 0 Å². The Labute approximate surface area is 89.2 Å². The molecule has 1 aromatic rings. The Morgan fingerprint density at radius 2 is 2.29 bits per heavy atom. The molecule has 0 fully saturated rings. The van der Waals surface area contributed by atoms with Crippen molar-refractivity contribution in [2.45, 2.75) is 12.8 Å². The lowest BCUT2D eigenvalue weighted by atomic mass is 10.0. The zero-order valence-corrected chi connectivity index (χ0v) is 9.12. The Hall–Kier alpha value is -0.970. The van der Waals surface area contributed by atoms with Crippen LogP contribution in [0.1, 0.15) is 18.4 Å². The molecule has 0 radical (unpaired) electrons. The first-order chi connectivity index (χ1) is 6.56. The van der Waals surface area contributed by atoms with E-state index in [-0.39, 0.29) is 11.6 Å². The molecular formula is C9H9BrFNO2. The van der Waals surface area contributed by atoms with Gasteiger partial charge in [0.25, 0.3) is 5.69 Å². The molecule has 0 aliphatic rings. The van der Waals surface area contributed by atoms with E-state index in [1.165, 1.54) is 12.1 Å². The Balaban J connectivity index is 3.14.